The lowest BCUT2D eigenvalue weighted by molar-refractivity contribution is 0.629. The quantitative estimate of drug-likeness (QED) is 0.764. The summed E-state index contributed by atoms with van der Waals surface area (Å²) in [5, 5.41) is 4.33. The van der Waals surface area contributed by atoms with Crippen molar-refractivity contribution in [3.63, 3.8) is 0 Å². The van der Waals surface area contributed by atoms with Crippen molar-refractivity contribution in [3.05, 3.63) is 35.3 Å². The van der Waals surface area contributed by atoms with Crippen LogP contribution in [-0.2, 0) is 6.42 Å². The summed E-state index contributed by atoms with van der Waals surface area (Å²) in [6.07, 6.45) is 2.07. The Morgan fingerprint density at radius 1 is 1.35 bits per heavy atom. The van der Waals surface area contributed by atoms with Crippen LogP contribution in [0, 0.1) is 12.7 Å². The van der Waals surface area contributed by atoms with Crippen LogP contribution in [0.1, 0.15) is 24.6 Å². The van der Waals surface area contributed by atoms with Gasteiger partial charge in [0, 0.05) is 16.6 Å². The molecule has 92 valence electrons. The van der Waals surface area contributed by atoms with Crippen molar-refractivity contribution in [1.29, 1.82) is 0 Å². The molecular weight excluding hydrogens is 215 g/mol. The first-order valence-corrected chi connectivity index (χ1v) is 6.19. The van der Waals surface area contributed by atoms with Crippen LogP contribution >= 0.6 is 0 Å². The largest absolute Gasteiger partial charge is 0.358 e. The van der Waals surface area contributed by atoms with Crippen LogP contribution in [-0.4, -0.2) is 18.1 Å². The number of hydrogen-bond acceptors (Lipinski definition) is 1. The zero-order chi connectivity index (χ0) is 12.3. The van der Waals surface area contributed by atoms with Crippen LogP contribution in [0.25, 0.3) is 10.9 Å². The number of aromatic amines is 1. The van der Waals surface area contributed by atoms with Gasteiger partial charge in [-0.1, -0.05) is 6.92 Å². The highest BCUT2D eigenvalue weighted by atomic mass is 19.1. The number of nitrogens with one attached hydrogen (secondary N) is 2. The fraction of sp³-hybridized carbons (Fsp3) is 0.429. The van der Waals surface area contributed by atoms with Crippen molar-refractivity contribution in [1.82, 2.24) is 10.3 Å². The fourth-order valence-electron chi connectivity index (χ4n) is 2.24. The lowest BCUT2D eigenvalue weighted by Crippen LogP contribution is -2.14. The zero-order valence-corrected chi connectivity index (χ0v) is 10.4. The summed E-state index contributed by atoms with van der Waals surface area (Å²) in [6.45, 7) is 6.17. The van der Waals surface area contributed by atoms with Crippen LogP contribution in [0.2, 0.25) is 0 Å². The first kappa shape index (κ1) is 12.1. The maximum Gasteiger partial charge on any atom is 0.123 e. The van der Waals surface area contributed by atoms with Crippen molar-refractivity contribution < 1.29 is 4.39 Å². The number of benzene rings is 1. The maximum atomic E-state index is 13.2. The molecule has 2 aromatic rings. The van der Waals surface area contributed by atoms with Crippen molar-refractivity contribution in [2.24, 2.45) is 0 Å². The van der Waals surface area contributed by atoms with E-state index in [0.717, 1.165) is 42.5 Å². The zero-order valence-electron chi connectivity index (χ0n) is 10.4. The van der Waals surface area contributed by atoms with Gasteiger partial charge in [0.1, 0.15) is 5.82 Å². The summed E-state index contributed by atoms with van der Waals surface area (Å²) in [7, 11) is 0. The molecule has 0 amide bonds. The van der Waals surface area contributed by atoms with E-state index >= 15 is 0 Å². The van der Waals surface area contributed by atoms with E-state index < -0.39 is 0 Å². The summed E-state index contributed by atoms with van der Waals surface area (Å²) in [4.78, 5) is 3.31. The molecule has 1 heterocycles. The second kappa shape index (κ2) is 5.32. The standard InChI is InChI=1S/C14H19FN2/c1-3-16-8-4-5-12-10(2)17-14-7-6-11(15)9-13(12)14/h6-7,9,16-17H,3-5,8H2,1-2H3. The Balaban J connectivity index is 2.20. The number of aryl methyl sites for hydroxylation is 2. The molecule has 0 saturated heterocycles. The van der Waals surface area contributed by atoms with Gasteiger partial charge in [-0.15, -0.1) is 0 Å². The minimum atomic E-state index is -0.163. The van der Waals surface area contributed by atoms with Crippen molar-refractivity contribution >= 4 is 10.9 Å². The van der Waals surface area contributed by atoms with Crippen LogP contribution in [0.3, 0.4) is 0 Å². The Morgan fingerprint density at radius 3 is 2.94 bits per heavy atom. The van der Waals surface area contributed by atoms with Crippen LogP contribution in [0.4, 0.5) is 4.39 Å². The summed E-state index contributed by atoms with van der Waals surface area (Å²) in [5.41, 5.74) is 3.43. The molecule has 2 nitrogen and oxygen atoms in total. The van der Waals surface area contributed by atoms with E-state index in [1.54, 1.807) is 6.07 Å². The molecular formula is C14H19FN2. The van der Waals surface area contributed by atoms with Gasteiger partial charge >= 0.3 is 0 Å². The second-order valence-corrected chi connectivity index (χ2v) is 4.38. The maximum absolute atomic E-state index is 13.2. The van der Waals surface area contributed by atoms with Crippen LogP contribution in [0.5, 0.6) is 0 Å². The van der Waals surface area contributed by atoms with E-state index in [1.165, 1.54) is 11.6 Å². The molecule has 0 fully saturated rings. The van der Waals surface area contributed by atoms with Gasteiger partial charge in [-0.25, -0.2) is 4.39 Å². The van der Waals surface area contributed by atoms with Crippen LogP contribution in [0.15, 0.2) is 18.2 Å². The van der Waals surface area contributed by atoms with Gasteiger partial charge in [0.05, 0.1) is 0 Å². The highest BCUT2D eigenvalue weighted by molar-refractivity contribution is 5.84. The summed E-state index contributed by atoms with van der Waals surface area (Å²) in [6, 6.07) is 4.94. The molecule has 0 unspecified atom stereocenters. The van der Waals surface area contributed by atoms with Crippen molar-refractivity contribution in [3.8, 4) is 0 Å². The Kier molecular flexibility index (Phi) is 3.79. The Morgan fingerprint density at radius 2 is 2.18 bits per heavy atom. The molecule has 0 bridgehead atoms. The molecule has 2 rings (SSSR count). The predicted molar refractivity (Wildman–Crippen MR) is 69.9 cm³/mol. The molecule has 1 aromatic heterocycles. The van der Waals surface area contributed by atoms with Gasteiger partial charge in [0.2, 0.25) is 0 Å². The molecule has 0 aliphatic heterocycles. The van der Waals surface area contributed by atoms with E-state index in [2.05, 4.69) is 24.1 Å². The van der Waals surface area contributed by atoms with Gasteiger partial charge in [0.25, 0.3) is 0 Å². The van der Waals surface area contributed by atoms with E-state index in [9.17, 15) is 4.39 Å². The SMILES string of the molecule is CCNCCCc1c(C)[nH]c2ccc(F)cc12. The number of halogens is 1. The van der Waals surface area contributed by atoms with E-state index in [0.29, 0.717) is 0 Å². The molecule has 0 saturated carbocycles. The van der Waals surface area contributed by atoms with Gasteiger partial charge < -0.3 is 10.3 Å². The van der Waals surface area contributed by atoms with Gasteiger partial charge in [0.15, 0.2) is 0 Å². The number of H-pyrrole nitrogens is 1. The normalized spacial score (nSPS) is 11.2. The first-order valence-electron chi connectivity index (χ1n) is 6.19. The average molecular weight is 234 g/mol. The van der Waals surface area contributed by atoms with Gasteiger partial charge in [-0.3, -0.25) is 0 Å². The predicted octanol–water partition coefficient (Wildman–Crippen LogP) is 3.16. The number of aromatic nitrogens is 1. The van der Waals surface area contributed by atoms with Crippen molar-refractivity contribution in [2.45, 2.75) is 26.7 Å². The summed E-state index contributed by atoms with van der Waals surface area (Å²) < 4.78 is 13.2. The highest BCUT2D eigenvalue weighted by Gasteiger charge is 2.08. The van der Waals surface area contributed by atoms with E-state index in [-0.39, 0.29) is 5.82 Å². The molecule has 0 aliphatic rings. The lowest BCUT2D eigenvalue weighted by Gasteiger charge is -2.02. The summed E-state index contributed by atoms with van der Waals surface area (Å²) >= 11 is 0. The third kappa shape index (κ3) is 2.67. The Labute approximate surface area is 101 Å². The lowest BCUT2D eigenvalue weighted by atomic mass is 10.1. The van der Waals surface area contributed by atoms with E-state index in [1.807, 2.05) is 6.07 Å². The highest BCUT2D eigenvalue weighted by Crippen LogP contribution is 2.24. The molecule has 17 heavy (non-hydrogen) atoms. The van der Waals surface area contributed by atoms with Crippen LogP contribution < -0.4 is 5.32 Å². The molecule has 0 aliphatic carbocycles. The molecule has 2 N–H and O–H groups in total. The van der Waals surface area contributed by atoms with E-state index in [4.69, 9.17) is 0 Å². The number of fused-ring (bicyclic) bond motifs is 1. The molecule has 3 heteroatoms. The fourth-order valence-corrected chi connectivity index (χ4v) is 2.24. The second-order valence-electron chi connectivity index (χ2n) is 4.38. The topological polar surface area (TPSA) is 27.8 Å². The molecule has 1 aromatic carbocycles. The summed E-state index contributed by atoms with van der Waals surface area (Å²) in [5.74, 6) is -0.163. The third-order valence-corrected chi connectivity index (χ3v) is 3.11. The molecule has 0 spiro atoms. The Bertz CT molecular complexity index is 502. The van der Waals surface area contributed by atoms with Crippen molar-refractivity contribution in [2.75, 3.05) is 13.1 Å². The number of hydrogen-bond donors (Lipinski definition) is 2. The minimum absolute atomic E-state index is 0.163. The minimum Gasteiger partial charge on any atom is -0.358 e. The average Bonchev–Trinajstić information content (AvgIpc) is 2.61. The smallest absolute Gasteiger partial charge is 0.123 e. The monoisotopic (exact) mass is 234 g/mol. The Hall–Kier alpha value is -1.35. The molecule has 0 radical (unpaired) electrons. The van der Waals surface area contributed by atoms with Gasteiger partial charge in [-0.05, 0) is 56.6 Å². The molecule has 0 atom stereocenters. The third-order valence-electron chi connectivity index (χ3n) is 3.11. The number of rotatable bonds is 5. The van der Waals surface area contributed by atoms with Gasteiger partial charge in [-0.2, -0.15) is 0 Å². The first-order chi connectivity index (χ1) is 8.22.